The van der Waals surface area contributed by atoms with Gasteiger partial charge in [-0.3, -0.25) is 9.59 Å². The summed E-state index contributed by atoms with van der Waals surface area (Å²) in [4.78, 5) is 35.4. The van der Waals surface area contributed by atoms with Crippen molar-refractivity contribution in [3.63, 3.8) is 0 Å². The molecule has 0 amide bonds. The lowest BCUT2D eigenvalue weighted by molar-refractivity contribution is -0.128. The van der Waals surface area contributed by atoms with Crippen LogP contribution in [-0.2, 0) is 14.4 Å². The summed E-state index contributed by atoms with van der Waals surface area (Å²) >= 11 is 0. The summed E-state index contributed by atoms with van der Waals surface area (Å²) < 4.78 is 0. The zero-order chi connectivity index (χ0) is 15.4. The predicted octanol–water partition coefficient (Wildman–Crippen LogP) is 2.43. The van der Waals surface area contributed by atoms with Crippen LogP contribution in [0.2, 0.25) is 0 Å². The number of rotatable bonds is 3. The van der Waals surface area contributed by atoms with Gasteiger partial charge in [0.2, 0.25) is 0 Å². The number of aromatic amines is 1. The Hall–Kier alpha value is -1.86. The summed E-state index contributed by atoms with van der Waals surface area (Å²) in [6, 6.07) is 0. The van der Waals surface area contributed by atoms with Gasteiger partial charge in [-0.1, -0.05) is 35.1 Å². The number of imidazole rings is 1. The van der Waals surface area contributed by atoms with E-state index in [9.17, 15) is 9.59 Å². The van der Waals surface area contributed by atoms with Crippen molar-refractivity contribution >= 4 is 18.4 Å². The van der Waals surface area contributed by atoms with Gasteiger partial charge < -0.3 is 21.4 Å². The highest BCUT2D eigenvalue weighted by Gasteiger charge is 1.99. The highest BCUT2D eigenvalue weighted by molar-refractivity contribution is 6.23. The van der Waals surface area contributed by atoms with Crippen LogP contribution in [0.25, 0.3) is 0 Å². The smallest absolute Gasteiger partial charge is 0.192 e. The van der Waals surface area contributed by atoms with Crippen molar-refractivity contribution in [2.24, 2.45) is 5.92 Å². The van der Waals surface area contributed by atoms with Crippen molar-refractivity contribution in [2.45, 2.75) is 54.9 Å². The number of aldehydes is 2. The molecule has 1 aromatic heterocycles. The molecule has 22 heavy (non-hydrogen) atoms. The summed E-state index contributed by atoms with van der Waals surface area (Å²) in [5.74, 6) is 1.37. The van der Waals surface area contributed by atoms with Crippen LogP contribution >= 0.6 is 0 Å². The monoisotopic (exact) mass is 319 g/mol. The molecule has 0 radical (unpaired) electrons. The number of aryl methyl sites for hydroxylation is 1. The summed E-state index contributed by atoms with van der Waals surface area (Å²) in [5, 5.41) is 0. The van der Waals surface area contributed by atoms with Crippen LogP contribution < -0.4 is 6.15 Å². The van der Waals surface area contributed by atoms with E-state index in [4.69, 9.17) is 4.79 Å². The van der Waals surface area contributed by atoms with Gasteiger partial charge in [-0.2, -0.15) is 0 Å². The van der Waals surface area contributed by atoms with Crippen LogP contribution in [0.5, 0.6) is 0 Å². The summed E-state index contributed by atoms with van der Waals surface area (Å²) in [7, 11) is 0. The first-order valence-corrected chi connectivity index (χ1v) is 6.17. The predicted molar refractivity (Wildman–Crippen MR) is 90.4 cm³/mol. The fourth-order valence-corrected chi connectivity index (χ4v) is 0.726. The lowest BCUT2D eigenvalue weighted by Gasteiger charge is -1.95. The van der Waals surface area contributed by atoms with Crippen LogP contribution in [0.15, 0.2) is 6.20 Å². The zero-order valence-electron chi connectivity index (χ0n) is 13.8. The van der Waals surface area contributed by atoms with Gasteiger partial charge in [-0.25, -0.2) is 4.98 Å². The average molecular weight is 319 g/mol. The van der Waals surface area contributed by atoms with Gasteiger partial charge >= 0.3 is 0 Å². The van der Waals surface area contributed by atoms with Gasteiger partial charge in [-0.05, 0) is 6.92 Å². The van der Waals surface area contributed by atoms with Crippen molar-refractivity contribution in [1.29, 1.82) is 0 Å². The quantitative estimate of drug-likeness (QED) is 0.648. The average Bonchev–Trinajstić information content (AvgIpc) is 2.77. The van der Waals surface area contributed by atoms with Gasteiger partial charge in [0, 0.05) is 30.7 Å². The molecule has 0 bridgehead atoms. The van der Waals surface area contributed by atoms with Crippen molar-refractivity contribution < 1.29 is 19.9 Å². The molecule has 1 rings (SSSR count). The molecule has 0 spiro atoms. The van der Waals surface area contributed by atoms with Gasteiger partial charge in [0.05, 0.1) is 0 Å². The number of carbonyl (C=O) groups excluding carboxylic acids is 3. The first kappa shape index (κ1) is 32.2. The van der Waals surface area contributed by atoms with Gasteiger partial charge in [0.15, 0.2) is 12.1 Å². The molecule has 6 N–H and O–H groups in total. The molecule has 0 aromatic carbocycles. The molecule has 0 aliphatic carbocycles. The van der Waals surface area contributed by atoms with E-state index in [1.807, 2.05) is 27.0 Å². The molecule has 132 valence electrons. The van der Waals surface area contributed by atoms with E-state index in [-0.39, 0.29) is 31.3 Å². The molecule has 0 aliphatic rings. The third-order valence-corrected chi connectivity index (χ3v) is 1.71. The second-order valence-electron chi connectivity index (χ2n) is 4.71. The fraction of sp³-hybridized carbons (Fsp3) is 0.600. The van der Waals surface area contributed by atoms with E-state index in [1.165, 1.54) is 6.92 Å². The molecule has 1 aromatic rings. The number of hydrogen-bond acceptors (Lipinski definition) is 5. The van der Waals surface area contributed by atoms with Gasteiger partial charge in [0.1, 0.15) is 12.1 Å². The minimum Gasteiger partial charge on any atom is -0.412 e. The van der Waals surface area contributed by atoms with Crippen LogP contribution in [0, 0.1) is 12.8 Å². The fourth-order valence-electron chi connectivity index (χ4n) is 0.726. The van der Waals surface area contributed by atoms with Crippen molar-refractivity contribution in [3.05, 3.63) is 17.7 Å². The second kappa shape index (κ2) is 19.1. The van der Waals surface area contributed by atoms with Crippen LogP contribution in [0.3, 0.4) is 0 Å². The lowest BCUT2D eigenvalue weighted by Crippen LogP contribution is -1.88. The Bertz CT molecular complexity index is 388. The van der Waals surface area contributed by atoms with Crippen molar-refractivity contribution in [2.75, 3.05) is 0 Å². The highest BCUT2D eigenvalue weighted by Crippen LogP contribution is 2.08. The molecule has 0 unspecified atom stereocenters. The van der Waals surface area contributed by atoms with E-state index in [0.717, 1.165) is 17.8 Å². The number of ketones is 1. The maximum absolute atomic E-state index is 9.50. The molecule has 0 fully saturated rings. The van der Waals surface area contributed by atoms with Crippen molar-refractivity contribution in [1.82, 2.24) is 16.1 Å². The summed E-state index contributed by atoms with van der Waals surface area (Å²) in [6.45, 7) is 11.2. The molecule has 0 saturated carbocycles. The van der Waals surface area contributed by atoms with Crippen molar-refractivity contribution in [3.8, 4) is 0 Å². The molecule has 0 atom stereocenters. The largest absolute Gasteiger partial charge is 0.412 e. The Morgan fingerprint density at radius 1 is 1.23 bits per heavy atom. The number of nitrogens with one attached hydrogen (secondary N) is 1. The Balaban J connectivity index is -0.0000000659. The minimum absolute atomic E-state index is 0. The SMILES string of the molecule is C.CC(=O)C=O.CC(C)C=O.Cc1cnc(C(C)C)[nH]1.N.O. The third-order valence-electron chi connectivity index (χ3n) is 1.71. The van der Waals surface area contributed by atoms with Crippen LogP contribution in [0.4, 0.5) is 0 Å². The summed E-state index contributed by atoms with van der Waals surface area (Å²) in [5.41, 5.74) is 1.14. The lowest BCUT2D eigenvalue weighted by atomic mass is 10.2. The van der Waals surface area contributed by atoms with Crippen LogP contribution in [0.1, 0.15) is 59.5 Å². The first-order chi connectivity index (χ1) is 8.74. The number of Topliss-reactive ketones (excluding diaryl/α,β-unsaturated/α-hetero) is 1. The van der Waals surface area contributed by atoms with E-state index in [2.05, 4.69) is 23.8 Å². The molecule has 1 heterocycles. The number of nitrogens with zero attached hydrogens (tertiary/aromatic N) is 1. The van der Waals surface area contributed by atoms with Gasteiger partial charge in [-0.15, -0.1) is 0 Å². The third kappa shape index (κ3) is 23.2. The second-order valence-corrected chi connectivity index (χ2v) is 4.71. The maximum Gasteiger partial charge on any atom is 0.192 e. The Labute approximate surface area is 133 Å². The molecular weight excluding hydrogens is 286 g/mol. The number of hydrogen-bond donors (Lipinski definition) is 2. The Morgan fingerprint density at radius 3 is 1.68 bits per heavy atom. The maximum atomic E-state index is 9.50. The minimum atomic E-state index is -0.426. The number of H-pyrrole nitrogens is 1. The number of aromatic nitrogens is 2. The van der Waals surface area contributed by atoms with E-state index in [0.29, 0.717) is 5.92 Å². The Kier molecular flexibility index (Phi) is 28.0. The van der Waals surface area contributed by atoms with Gasteiger partial charge in [0.25, 0.3) is 0 Å². The molecule has 7 heteroatoms. The van der Waals surface area contributed by atoms with E-state index >= 15 is 0 Å². The molecular formula is C15H33N3O4. The number of carbonyl (C=O) groups is 3. The molecule has 7 nitrogen and oxygen atoms in total. The highest BCUT2D eigenvalue weighted by atomic mass is 16.2. The Morgan fingerprint density at radius 2 is 1.59 bits per heavy atom. The first-order valence-electron chi connectivity index (χ1n) is 6.17. The normalized spacial score (nSPS) is 7.82. The van der Waals surface area contributed by atoms with E-state index in [1.54, 1.807) is 0 Å². The zero-order valence-corrected chi connectivity index (χ0v) is 13.8. The van der Waals surface area contributed by atoms with E-state index < -0.39 is 5.78 Å². The molecule has 0 saturated heterocycles. The summed E-state index contributed by atoms with van der Waals surface area (Å²) in [6.07, 6.45) is 3.05. The standard InChI is InChI=1S/C7H12N2.C4H8O.C3H4O2.CH4.H3N.H2O/c1-5(2)7-8-4-6(3)9-7;1-4(2)3-5;1-3(5)2-4;;;/h4-5H,1-3H3,(H,8,9);3-4H,1-2H3;2H,1H3;1H4;1H3;1H2. The van der Waals surface area contributed by atoms with Crippen LogP contribution in [-0.4, -0.2) is 33.8 Å². The topological polar surface area (TPSA) is 146 Å². The molecule has 0 aliphatic heterocycles.